The average molecular weight is 350 g/mol. The minimum Gasteiger partial charge on any atom is -0.438 e. The fraction of sp³-hybridized carbons (Fsp3) is 0.150. The third kappa shape index (κ3) is 2.50. The number of Topliss-reactive ketones (excluding diaryl/α,β-unsaturated/α-hetero) is 2. The van der Waals surface area contributed by atoms with Crippen molar-refractivity contribution >= 4 is 17.3 Å². The first-order valence-electron chi connectivity index (χ1n) is 8.11. The van der Waals surface area contributed by atoms with E-state index in [0.717, 1.165) is 11.3 Å². The lowest BCUT2D eigenvalue weighted by Gasteiger charge is -2.19. The van der Waals surface area contributed by atoms with Crippen molar-refractivity contribution in [3.05, 3.63) is 71.0 Å². The van der Waals surface area contributed by atoms with Crippen LogP contribution in [0.25, 0.3) is 11.3 Å². The largest absolute Gasteiger partial charge is 0.438 e. The van der Waals surface area contributed by atoms with Gasteiger partial charge in [-0.2, -0.15) is 0 Å². The summed E-state index contributed by atoms with van der Waals surface area (Å²) in [6, 6.07) is 11.3. The molecule has 4 rings (SSSR count). The van der Waals surface area contributed by atoms with Crippen molar-refractivity contribution < 1.29 is 18.4 Å². The molecule has 0 aliphatic heterocycles. The third-order valence-corrected chi connectivity index (χ3v) is 4.45. The van der Waals surface area contributed by atoms with Gasteiger partial charge in [-0.3, -0.25) is 9.59 Å². The lowest BCUT2D eigenvalue weighted by atomic mass is 9.91. The van der Waals surface area contributed by atoms with E-state index in [1.807, 2.05) is 18.9 Å². The van der Waals surface area contributed by atoms with Crippen molar-refractivity contribution in [2.75, 3.05) is 11.9 Å². The molecule has 1 aromatic heterocycles. The van der Waals surface area contributed by atoms with Gasteiger partial charge in [0.25, 0.3) is 5.78 Å². The second-order valence-electron chi connectivity index (χ2n) is 6.28. The average Bonchev–Trinajstić information content (AvgIpc) is 3.03. The predicted molar refractivity (Wildman–Crippen MR) is 93.8 cm³/mol. The molecule has 3 aromatic rings. The number of oxazole rings is 1. The van der Waals surface area contributed by atoms with Crippen molar-refractivity contribution in [1.29, 1.82) is 0 Å². The van der Waals surface area contributed by atoms with Crippen molar-refractivity contribution in [1.82, 2.24) is 4.98 Å². The van der Waals surface area contributed by atoms with E-state index in [2.05, 4.69) is 4.98 Å². The molecule has 1 aliphatic rings. The van der Waals surface area contributed by atoms with E-state index in [1.165, 1.54) is 12.1 Å². The fourth-order valence-electron chi connectivity index (χ4n) is 3.21. The van der Waals surface area contributed by atoms with Gasteiger partial charge in [0.05, 0.1) is 6.54 Å². The van der Waals surface area contributed by atoms with Crippen molar-refractivity contribution in [2.24, 2.45) is 0 Å². The molecule has 0 amide bonds. The summed E-state index contributed by atoms with van der Waals surface area (Å²) in [5.41, 5.74) is 2.56. The highest BCUT2D eigenvalue weighted by Gasteiger charge is 2.35. The zero-order valence-electron chi connectivity index (χ0n) is 14.2. The van der Waals surface area contributed by atoms with Crippen LogP contribution in [0.3, 0.4) is 0 Å². The molecule has 0 spiro atoms. The van der Waals surface area contributed by atoms with Crippen LogP contribution in [0.1, 0.15) is 32.3 Å². The summed E-state index contributed by atoms with van der Waals surface area (Å²) < 4.78 is 19.1. The number of anilines is 1. The molecule has 0 fully saturated rings. The van der Waals surface area contributed by atoms with Gasteiger partial charge < -0.3 is 9.32 Å². The number of carbonyl (C=O) groups is 2. The molecule has 130 valence electrons. The quantitative estimate of drug-likeness (QED) is 0.672. The molecule has 6 heteroatoms. The number of rotatable bonds is 3. The van der Waals surface area contributed by atoms with Gasteiger partial charge in [-0.05, 0) is 30.7 Å². The zero-order valence-corrected chi connectivity index (χ0v) is 14.2. The number of hydrogen-bond donors (Lipinski definition) is 0. The normalized spacial score (nSPS) is 12.7. The number of aromatic nitrogens is 1. The van der Waals surface area contributed by atoms with E-state index in [4.69, 9.17) is 4.42 Å². The van der Waals surface area contributed by atoms with Gasteiger partial charge in [0.1, 0.15) is 5.82 Å². The summed E-state index contributed by atoms with van der Waals surface area (Å²) in [4.78, 5) is 30.6. The van der Waals surface area contributed by atoms with Crippen LogP contribution in [0.5, 0.6) is 0 Å². The molecule has 0 bridgehead atoms. The Morgan fingerprint density at radius 1 is 1.08 bits per heavy atom. The first-order valence-corrected chi connectivity index (χ1v) is 8.11. The van der Waals surface area contributed by atoms with Crippen LogP contribution in [-0.2, 0) is 6.54 Å². The Morgan fingerprint density at radius 2 is 1.81 bits per heavy atom. The fourth-order valence-corrected chi connectivity index (χ4v) is 3.21. The predicted octanol–water partition coefficient (Wildman–Crippen LogP) is 3.80. The molecule has 5 nitrogen and oxygen atoms in total. The number of ketones is 2. The van der Waals surface area contributed by atoms with Crippen molar-refractivity contribution in [2.45, 2.75) is 13.5 Å². The van der Waals surface area contributed by atoms with Crippen LogP contribution in [0.4, 0.5) is 10.1 Å². The highest BCUT2D eigenvalue weighted by atomic mass is 19.1. The molecular formula is C20H15FN2O3. The van der Waals surface area contributed by atoms with Gasteiger partial charge in [-0.1, -0.05) is 24.3 Å². The molecule has 1 heterocycles. The minimum absolute atomic E-state index is 0.0490. The highest BCUT2D eigenvalue weighted by molar-refractivity contribution is 6.52. The van der Waals surface area contributed by atoms with Crippen molar-refractivity contribution in [3.8, 4) is 11.3 Å². The van der Waals surface area contributed by atoms with E-state index in [-0.39, 0.29) is 18.1 Å². The summed E-state index contributed by atoms with van der Waals surface area (Å²) in [7, 11) is 1.82. The number of carbonyl (C=O) groups excluding carboxylic acids is 2. The van der Waals surface area contributed by atoms with Crippen LogP contribution in [0.15, 0.2) is 46.9 Å². The number of halogens is 1. The lowest BCUT2D eigenvalue weighted by Crippen LogP contribution is -2.21. The lowest BCUT2D eigenvalue weighted by molar-refractivity contribution is 0.0812. The smallest absolute Gasteiger partial charge is 0.255 e. The number of hydrogen-bond acceptors (Lipinski definition) is 5. The molecule has 0 atom stereocenters. The summed E-state index contributed by atoms with van der Waals surface area (Å²) in [6.45, 7) is 2.09. The number of fused-ring (bicyclic) bond motifs is 3. The maximum Gasteiger partial charge on any atom is 0.255 e. The Bertz CT molecular complexity index is 1050. The SMILES string of the molecule is Cc1cc(F)ccc1N(C)Cc1nc2c(o1)-c1ccccc1C(=O)C2=O. The molecule has 0 radical (unpaired) electrons. The standard InChI is InChI=1S/C20H15FN2O3/c1-11-9-12(21)7-8-15(11)23(2)10-16-22-17-19(25)18(24)13-5-3-4-6-14(13)20(17)26-16/h3-9H,10H2,1-2H3. The third-order valence-electron chi connectivity index (χ3n) is 4.45. The maximum absolute atomic E-state index is 13.3. The summed E-state index contributed by atoms with van der Waals surface area (Å²) in [5.74, 6) is -0.888. The van der Waals surface area contributed by atoms with Crippen LogP contribution in [0, 0.1) is 12.7 Å². The molecule has 0 N–H and O–H groups in total. The highest BCUT2D eigenvalue weighted by Crippen LogP contribution is 2.34. The van der Waals surface area contributed by atoms with Gasteiger partial charge in [0, 0.05) is 23.9 Å². The van der Waals surface area contributed by atoms with Crippen LogP contribution in [0.2, 0.25) is 0 Å². The molecule has 0 unspecified atom stereocenters. The van der Waals surface area contributed by atoms with Gasteiger partial charge in [-0.25, -0.2) is 9.37 Å². The monoisotopic (exact) mass is 350 g/mol. The van der Waals surface area contributed by atoms with E-state index < -0.39 is 11.6 Å². The number of nitrogens with zero attached hydrogens (tertiary/aromatic N) is 2. The topological polar surface area (TPSA) is 63.4 Å². The first-order chi connectivity index (χ1) is 12.5. The molecular weight excluding hydrogens is 335 g/mol. The summed E-state index contributed by atoms with van der Waals surface area (Å²) >= 11 is 0. The van der Waals surface area contributed by atoms with Crippen LogP contribution >= 0.6 is 0 Å². The molecule has 0 saturated heterocycles. The van der Waals surface area contributed by atoms with Gasteiger partial charge in [-0.15, -0.1) is 0 Å². The van der Waals surface area contributed by atoms with E-state index in [1.54, 1.807) is 30.3 Å². The molecule has 26 heavy (non-hydrogen) atoms. The second-order valence-corrected chi connectivity index (χ2v) is 6.28. The molecule has 0 saturated carbocycles. The van der Waals surface area contributed by atoms with E-state index in [9.17, 15) is 14.0 Å². The first kappa shape index (κ1) is 16.2. The zero-order chi connectivity index (χ0) is 18.4. The van der Waals surface area contributed by atoms with Gasteiger partial charge >= 0.3 is 0 Å². The summed E-state index contributed by atoms with van der Waals surface area (Å²) in [6.07, 6.45) is 0. The molecule has 1 aliphatic carbocycles. The Labute approximate surface area is 149 Å². The Hall–Kier alpha value is -3.28. The van der Waals surface area contributed by atoms with Gasteiger partial charge in [0.15, 0.2) is 11.5 Å². The van der Waals surface area contributed by atoms with Crippen LogP contribution in [-0.4, -0.2) is 23.6 Å². The van der Waals surface area contributed by atoms with Crippen molar-refractivity contribution in [3.63, 3.8) is 0 Å². The Kier molecular flexibility index (Phi) is 3.68. The molecule has 2 aromatic carbocycles. The second kappa shape index (κ2) is 5.91. The number of aryl methyl sites for hydroxylation is 1. The van der Waals surface area contributed by atoms with Gasteiger partial charge in [0.2, 0.25) is 11.7 Å². The van der Waals surface area contributed by atoms with Crippen LogP contribution < -0.4 is 4.90 Å². The Morgan fingerprint density at radius 3 is 2.54 bits per heavy atom. The minimum atomic E-state index is -0.658. The summed E-state index contributed by atoms with van der Waals surface area (Å²) in [5, 5.41) is 0. The van der Waals surface area contributed by atoms with E-state index in [0.29, 0.717) is 22.8 Å². The maximum atomic E-state index is 13.3. The Balaban J connectivity index is 1.70. The number of benzene rings is 2. The van der Waals surface area contributed by atoms with E-state index >= 15 is 0 Å².